The van der Waals surface area contributed by atoms with Crippen LogP contribution in [0.3, 0.4) is 0 Å². The molecule has 0 fully saturated rings. The molecule has 4 nitrogen and oxygen atoms in total. The lowest BCUT2D eigenvalue weighted by atomic mass is 10.1. The van der Waals surface area contributed by atoms with E-state index in [0.717, 1.165) is 28.0 Å². The molecule has 0 N–H and O–H groups in total. The Balaban J connectivity index is 1.67. The highest BCUT2D eigenvalue weighted by molar-refractivity contribution is 7.34. The van der Waals surface area contributed by atoms with Crippen LogP contribution in [0.1, 0.15) is 11.1 Å². The monoisotopic (exact) mass is 367 g/mol. The molecule has 0 heterocycles. The van der Waals surface area contributed by atoms with Crippen LogP contribution in [0.15, 0.2) is 66.7 Å². The molecular weight excluding hydrogens is 347 g/mol. The molecule has 0 aromatic heterocycles. The molecule has 0 saturated heterocycles. The minimum atomic E-state index is -2.30. The van der Waals surface area contributed by atoms with Crippen LogP contribution >= 0.6 is 8.25 Å². The standard InChI is InChI=1S/C21H20O4P/c1-15-5-4-6-16(2)21(15)25-26(22)24-20-13-9-18(10-14-20)17-7-11-19(23-3)12-8-17/h4-14H,1-3H3/q+1. The molecule has 0 aliphatic rings. The van der Waals surface area contributed by atoms with Gasteiger partial charge < -0.3 is 4.74 Å². The molecule has 1 unspecified atom stereocenters. The molecule has 0 aliphatic carbocycles. The van der Waals surface area contributed by atoms with Crippen LogP contribution in [0.4, 0.5) is 0 Å². The smallest absolute Gasteiger partial charge is 0.497 e. The minimum Gasteiger partial charge on any atom is -0.497 e. The Kier molecular flexibility index (Phi) is 5.55. The van der Waals surface area contributed by atoms with E-state index in [4.69, 9.17) is 13.8 Å². The second-order valence-corrected chi connectivity index (χ2v) is 6.69. The van der Waals surface area contributed by atoms with Crippen LogP contribution in [0.5, 0.6) is 17.2 Å². The van der Waals surface area contributed by atoms with Crippen molar-refractivity contribution >= 4 is 8.25 Å². The minimum absolute atomic E-state index is 0.495. The van der Waals surface area contributed by atoms with Crippen molar-refractivity contribution in [1.82, 2.24) is 0 Å². The molecule has 0 spiro atoms. The van der Waals surface area contributed by atoms with Crippen LogP contribution < -0.4 is 13.8 Å². The number of hydrogen-bond acceptors (Lipinski definition) is 4. The van der Waals surface area contributed by atoms with E-state index in [-0.39, 0.29) is 0 Å². The van der Waals surface area contributed by atoms with Crippen LogP contribution in [0.25, 0.3) is 11.1 Å². The summed E-state index contributed by atoms with van der Waals surface area (Å²) in [5, 5.41) is 0. The van der Waals surface area contributed by atoms with Crippen LogP contribution in [-0.4, -0.2) is 7.11 Å². The first kappa shape index (κ1) is 18.0. The molecule has 132 valence electrons. The molecule has 0 aliphatic heterocycles. The fourth-order valence-corrected chi connectivity index (χ4v) is 3.38. The van der Waals surface area contributed by atoms with Gasteiger partial charge in [-0.15, -0.1) is 0 Å². The van der Waals surface area contributed by atoms with Crippen molar-refractivity contribution in [2.45, 2.75) is 13.8 Å². The number of rotatable bonds is 6. The number of aryl methyl sites for hydroxylation is 2. The number of benzene rings is 3. The van der Waals surface area contributed by atoms with Gasteiger partial charge in [0.15, 0.2) is 11.5 Å². The zero-order chi connectivity index (χ0) is 18.5. The Morgan fingerprint density at radius 3 is 1.69 bits per heavy atom. The molecule has 26 heavy (non-hydrogen) atoms. The van der Waals surface area contributed by atoms with Crippen molar-refractivity contribution in [3.8, 4) is 28.4 Å². The van der Waals surface area contributed by atoms with E-state index in [9.17, 15) is 4.57 Å². The predicted molar refractivity (Wildman–Crippen MR) is 103 cm³/mol. The third-order valence-corrected chi connectivity index (χ3v) is 4.72. The Bertz CT molecular complexity index is 882. The van der Waals surface area contributed by atoms with Gasteiger partial charge in [-0.25, -0.2) is 9.05 Å². The van der Waals surface area contributed by atoms with Gasteiger partial charge in [-0.3, -0.25) is 0 Å². The zero-order valence-corrected chi connectivity index (χ0v) is 15.8. The molecule has 1 atom stereocenters. The van der Waals surface area contributed by atoms with Crippen molar-refractivity contribution in [3.63, 3.8) is 0 Å². The van der Waals surface area contributed by atoms with Crippen molar-refractivity contribution in [2.75, 3.05) is 7.11 Å². The Hall–Kier alpha value is -2.84. The summed E-state index contributed by atoms with van der Waals surface area (Å²) in [6.45, 7) is 3.82. The van der Waals surface area contributed by atoms with Crippen molar-refractivity contribution < 1.29 is 18.3 Å². The van der Waals surface area contributed by atoms with Crippen molar-refractivity contribution in [3.05, 3.63) is 77.9 Å². The topological polar surface area (TPSA) is 44.8 Å². The molecule has 5 heteroatoms. The Morgan fingerprint density at radius 2 is 1.19 bits per heavy atom. The summed E-state index contributed by atoms with van der Waals surface area (Å²) in [5.41, 5.74) is 3.94. The van der Waals surface area contributed by atoms with Crippen molar-refractivity contribution in [1.29, 1.82) is 0 Å². The summed E-state index contributed by atoms with van der Waals surface area (Å²) in [6, 6.07) is 20.9. The number of hydrogen-bond donors (Lipinski definition) is 0. The zero-order valence-electron chi connectivity index (χ0n) is 14.9. The largest absolute Gasteiger partial charge is 0.805 e. The number of para-hydroxylation sites is 1. The normalized spacial score (nSPS) is 11.0. The average Bonchev–Trinajstić information content (AvgIpc) is 2.66. The average molecular weight is 367 g/mol. The first-order chi connectivity index (χ1) is 12.6. The van der Waals surface area contributed by atoms with Crippen LogP contribution in [-0.2, 0) is 4.57 Å². The lowest BCUT2D eigenvalue weighted by Crippen LogP contribution is -1.93. The summed E-state index contributed by atoms with van der Waals surface area (Å²) in [7, 11) is -0.661. The summed E-state index contributed by atoms with van der Waals surface area (Å²) in [5.74, 6) is 1.91. The molecule has 0 amide bonds. The van der Waals surface area contributed by atoms with Gasteiger partial charge in [0.25, 0.3) is 0 Å². The van der Waals surface area contributed by atoms with Gasteiger partial charge >= 0.3 is 8.25 Å². The maximum atomic E-state index is 12.2. The summed E-state index contributed by atoms with van der Waals surface area (Å²) in [6.07, 6.45) is 0. The number of methoxy groups -OCH3 is 1. The highest BCUT2D eigenvalue weighted by atomic mass is 31.1. The summed E-state index contributed by atoms with van der Waals surface area (Å²) >= 11 is 0. The van der Waals surface area contributed by atoms with Gasteiger partial charge in [0.1, 0.15) is 5.75 Å². The molecule has 0 bridgehead atoms. The van der Waals surface area contributed by atoms with Gasteiger partial charge in [-0.1, -0.05) is 42.5 Å². The Morgan fingerprint density at radius 1 is 0.692 bits per heavy atom. The second kappa shape index (κ2) is 8.03. The van der Waals surface area contributed by atoms with Crippen LogP contribution in [0, 0.1) is 13.8 Å². The van der Waals surface area contributed by atoms with E-state index in [1.807, 2.05) is 68.4 Å². The Labute approximate surface area is 154 Å². The quantitative estimate of drug-likeness (QED) is 0.494. The van der Waals surface area contributed by atoms with Gasteiger partial charge in [0, 0.05) is 4.57 Å². The first-order valence-corrected chi connectivity index (χ1v) is 9.30. The molecule has 0 saturated carbocycles. The predicted octanol–water partition coefficient (Wildman–Crippen LogP) is 6.09. The lowest BCUT2D eigenvalue weighted by Gasteiger charge is -2.04. The maximum absolute atomic E-state index is 12.2. The van der Waals surface area contributed by atoms with Crippen molar-refractivity contribution in [2.24, 2.45) is 0 Å². The third-order valence-electron chi connectivity index (χ3n) is 4.03. The van der Waals surface area contributed by atoms with Gasteiger partial charge in [0.05, 0.1) is 7.11 Å². The van der Waals surface area contributed by atoms with Gasteiger partial charge in [-0.2, -0.15) is 0 Å². The van der Waals surface area contributed by atoms with E-state index < -0.39 is 8.25 Å². The van der Waals surface area contributed by atoms with E-state index in [0.29, 0.717) is 11.5 Å². The van der Waals surface area contributed by atoms with E-state index >= 15 is 0 Å². The van der Waals surface area contributed by atoms with E-state index in [1.165, 1.54) is 0 Å². The highest BCUT2D eigenvalue weighted by Gasteiger charge is 2.26. The maximum Gasteiger partial charge on any atom is 0.805 e. The van der Waals surface area contributed by atoms with Gasteiger partial charge in [0.2, 0.25) is 0 Å². The van der Waals surface area contributed by atoms with E-state index in [2.05, 4.69) is 0 Å². The molecular formula is C21H20O4P+. The third kappa shape index (κ3) is 4.22. The summed E-state index contributed by atoms with van der Waals surface area (Å²) in [4.78, 5) is 0. The van der Waals surface area contributed by atoms with Crippen LogP contribution in [0.2, 0.25) is 0 Å². The second-order valence-electron chi connectivity index (χ2n) is 5.88. The highest BCUT2D eigenvalue weighted by Crippen LogP contribution is 2.35. The molecule has 0 radical (unpaired) electrons. The fraction of sp³-hybridized carbons (Fsp3) is 0.143. The SMILES string of the molecule is COc1ccc(-c2ccc(O[P+](=O)Oc3c(C)cccc3C)cc2)cc1. The molecule has 3 aromatic carbocycles. The van der Waals surface area contributed by atoms with E-state index in [1.54, 1.807) is 19.2 Å². The van der Waals surface area contributed by atoms with Gasteiger partial charge in [-0.05, 0) is 60.4 Å². The lowest BCUT2D eigenvalue weighted by molar-refractivity contribution is 0.413. The fourth-order valence-electron chi connectivity index (χ4n) is 2.61. The molecule has 3 aromatic rings. The first-order valence-electron chi connectivity index (χ1n) is 8.21. The molecule has 3 rings (SSSR count). The number of ether oxygens (including phenoxy) is 1. The summed E-state index contributed by atoms with van der Waals surface area (Å²) < 4.78 is 28.3.